The average Bonchev–Trinajstić information content (AvgIpc) is 2.27. The zero-order valence-electron chi connectivity index (χ0n) is 9.40. The van der Waals surface area contributed by atoms with Gasteiger partial charge in [0.05, 0.1) is 0 Å². The third-order valence-electron chi connectivity index (χ3n) is 1.11. The highest BCUT2D eigenvalue weighted by atomic mass is 17.2. The van der Waals surface area contributed by atoms with Crippen LogP contribution in [0.1, 0.15) is 0 Å². The lowest BCUT2D eigenvalue weighted by molar-refractivity contribution is -0.278. The van der Waals surface area contributed by atoms with Crippen molar-refractivity contribution in [3.05, 3.63) is 0 Å². The summed E-state index contributed by atoms with van der Waals surface area (Å²) in [5.41, 5.74) is 0. The first-order valence-electron chi connectivity index (χ1n) is 4.57. The van der Waals surface area contributed by atoms with E-state index < -0.39 is 50.3 Å². The van der Waals surface area contributed by atoms with Gasteiger partial charge in [0.25, 0.3) is 0 Å². The largest absolute Gasteiger partial charge is 0.479 e. The molecule has 0 saturated carbocycles. The monoisotopic (exact) mass is 282 g/mol. The first kappa shape index (κ1) is 16.8. The molecule has 0 spiro atoms. The van der Waals surface area contributed by atoms with Gasteiger partial charge in [-0.3, -0.25) is 9.78 Å². The molecule has 0 saturated heterocycles. The summed E-state index contributed by atoms with van der Waals surface area (Å²) in [5.74, 6) is -4.82. The maximum absolute atomic E-state index is 10.8. The number of rotatable bonds is 10. The SMILES string of the molecule is O=C(O)COOC(=O)COCC(=O)OOCC(=O)O. The van der Waals surface area contributed by atoms with Gasteiger partial charge in [-0.15, -0.1) is 0 Å². The van der Waals surface area contributed by atoms with E-state index >= 15 is 0 Å². The van der Waals surface area contributed by atoms with E-state index in [1.807, 2.05) is 0 Å². The highest BCUT2D eigenvalue weighted by Crippen LogP contribution is 1.87. The summed E-state index contributed by atoms with van der Waals surface area (Å²) in [4.78, 5) is 57.3. The fourth-order valence-electron chi connectivity index (χ4n) is 0.557. The van der Waals surface area contributed by atoms with Crippen LogP contribution in [0.5, 0.6) is 0 Å². The van der Waals surface area contributed by atoms with Crippen LogP contribution in [-0.2, 0) is 43.5 Å². The first-order valence-corrected chi connectivity index (χ1v) is 4.57. The van der Waals surface area contributed by atoms with Crippen LogP contribution in [0.4, 0.5) is 0 Å². The summed E-state index contributed by atoms with van der Waals surface area (Å²) in [5, 5.41) is 16.3. The van der Waals surface area contributed by atoms with E-state index in [9.17, 15) is 19.2 Å². The van der Waals surface area contributed by atoms with Gasteiger partial charge in [-0.1, -0.05) is 0 Å². The number of hydrogen-bond acceptors (Lipinski definition) is 9. The molecule has 0 bridgehead atoms. The molecule has 0 aromatic heterocycles. The third kappa shape index (κ3) is 12.0. The molecule has 0 rings (SSSR count). The Bertz CT molecular complexity index is 304. The number of carboxylic acids is 2. The molecule has 0 aliphatic rings. The molecule has 19 heavy (non-hydrogen) atoms. The molecule has 0 aromatic rings. The second-order valence-corrected chi connectivity index (χ2v) is 2.72. The minimum atomic E-state index is -1.34. The lowest BCUT2D eigenvalue weighted by Gasteiger charge is -2.03. The van der Waals surface area contributed by atoms with Gasteiger partial charge in [-0.25, -0.2) is 19.2 Å². The molecule has 0 fully saturated rings. The highest BCUT2D eigenvalue weighted by Gasteiger charge is 2.10. The highest BCUT2D eigenvalue weighted by molar-refractivity contribution is 5.73. The van der Waals surface area contributed by atoms with Gasteiger partial charge in [-0.2, -0.15) is 9.78 Å². The van der Waals surface area contributed by atoms with E-state index in [4.69, 9.17) is 10.2 Å². The molecule has 0 radical (unpaired) electrons. The van der Waals surface area contributed by atoms with Gasteiger partial charge in [0.15, 0.2) is 13.2 Å². The molecule has 0 aromatic carbocycles. The van der Waals surface area contributed by atoms with Crippen LogP contribution in [-0.4, -0.2) is 60.5 Å². The van der Waals surface area contributed by atoms with E-state index in [1.165, 1.54) is 0 Å². The van der Waals surface area contributed by atoms with Gasteiger partial charge in [0.1, 0.15) is 13.2 Å². The van der Waals surface area contributed by atoms with Crippen LogP contribution in [0.3, 0.4) is 0 Å². The Morgan fingerprint density at radius 3 is 1.37 bits per heavy atom. The molecule has 0 aliphatic carbocycles. The normalized spacial score (nSPS) is 9.68. The zero-order chi connectivity index (χ0) is 14.7. The van der Waals surface area contributed by atoms with Crippen LogP contribution in [0.2, 0.25) is 0 Å². The average molecular weight is 282 g/mol. The molecule has 0 atom stereocenters. The van der Waals surface area contributed by atoms with Gasteiger partial charge in [0, 0.05) is 0 Å². The van der Waals surface area contributed by atoms with E-state index in [1.54, 1.807) is 0 Å². The van der Waals surface area contributed by atoms with Crippen molar-refractivity contribution in [2.24, 2.45) is 0 Å². The second kappa shape index (κ2) is 9.76. The number of hydrogen-bond donors (Lipinski definition) is 2. The molecular formula is C8H10O11. The van der Waals surface area contributed by atoms with Gasteiger partial charge >= 0.3 is 23.9 Å². The number of ether oxygens (including phenoxy) is 1. The number of carbonyl (C=O) groups excluding carboxylic acids is 2. The molecule has 0 heterocycles. The Hall–Kier alpha value is -2.24. The molecule has 0 amide bonds. The maximum Gasteiger partial charge on any atom is 0.367 e. The standard InChI is InChI=1S/C8H10O11/c9-5(10)1-16-18-7(13)3-15-4-8(14)19-17-2-6(11)12/h1-4H2,(H,9,10)(H,11,12). The predicted molar refractivity (Wildman–Crippen MR) is 50.2 cm³/mol. The Balaban J connectivity index is 3.50. The van der Waals surface area contributed by atoms with Gasteiger partial charge < -0.3 is 14.9 Å². The van der Waals surface area contributed by atoms with Crippen molar-refractivity contribution in [3.63, 3.8) is 0 Å². The van der Waals surface area contributed by atoms with Crippen LogP contribution in [0.25, 0.3) is 0 Å². The quantitative estimate of drug-likeness (QED) is 0.341. The van der Waals surface area contributed by atoms with Crippen LogP contribution < -0.4 is 0 Å². The minimum absolute atomic E-state index is 0.701. The Labute approximate surface area is 105 Å². The molecule has 108 valence electrons. The number of carbonyl (C=O) groups is 4. The van der Waals surface area contributed by atoms with Crippen molar-refractivity contribution in [2.45, 2.75) is 0 Å². The van der Waals surface area contributed by atoms with E-state index in [-0.39, 0.29) is 0 Å². The van der Waals surface area contributed by atoms with Crippen molar-refractivity contribution in [2.75, 3.05) is 26.4 Å². The molecule has 2 N–H and O–H groups in total. The van der Waals surface area contributed by atoms with Crippen LogP contribution in [0.15, 0.2) is 0 Å². The summed E-state index contributed by atoms with van der Waals surface area (Å²) in [7, 11) is 0. The molecular weight excluding hydrogens is 272 g/mol. The van der Waals surface area contributed by atoms with Crippen molar-refractivity contribution in [1.29, 1.82) is 0 Å². The second-order valence-electron chi connectivity index (χ2n) is 2.72. The van der Waals surface area contributed by atoms with Crippen LogP contribution >= 0.6 is 0 Å². The van der Waals surface area contributed by atoms with Gasteiger partial charge in [-0.05, 0) is 0 Å². The lowest BCUT2D eigenvalue weighted by atomic mass is 10.7. The molecule has 11 nitrogen and oxygen atoms in total. The van der Waals surface area contributed by atoms with Crippen molar-refractivity contribution >= 4 is 23.9 Å². The Morgan fingerprint density at radius 2 is 1.05 bits per heavy atom. The first-order chi connectivity index (χ1) is 8.91. The summed E-state index contributed by atoms with van der Waals surface area (Å²) in [6, 6.07) is 0. The van der Waals surface area contributed by atoms with Gasteiger partial charge in [0.2, 0.25) is 0 Å². The number of carboxylic acid groups (broad SMARTS) is 2. The fourth-order valence-corrected chi connectivity index (χ4v) is 0.557. The topological polar surface area (TPSA) is 155 Å². The lowest BCUT2D eigenvalue weighted by Crippen LogP contribution is -2.20. The summed E-state index contributed by atoms with van der Waals surface area (Å²) >= 11 is 0. The van der Waals surface area contributed by atoms with Crippen molar-refractivity contribution in [3.8, 4) is 0 Å². The van der Waals surface area contributed by atoms with E-state index in [0.29, 0.717) is 0 Å². The fraction of sp³-hybridized carbons (Fsp3) is 0.500. The van der Waals surface area contributed by atoms with Crippen LogP contribution in [0, 0.1) is 0 Å². The Kier molecular flexibility index (Phi) is 8.61. The molecule has 0 aliphatic heterocycles. The van der Waals surface area contributed by atoms with E-state index in [0.717, 1.165) is 0 Å². The minimum Gasteiger partial charge on any atom is -0.479 e. The summed E-state index contributed by atoms with van der Waals surface area (Å²) < 4.78 is 4.47. The Morgan fingerprint density at radius 1 is 0.684 bits per heavy atom. The smallest absolute Gasteiger partial charge is 0.367 e. The zero-order valence-corrected chi connectivity index (χ0v) is 9.40. The summed E-state index contributed by atoms with van der Waals surface area (Å²) in [6.07, 6.45) is 0. The number of aliphatic carboxylic acids is 2. The molecule has 0 unspecified atom stereocenters. The molecule has 11 heteroatoms. The predicted octanol–water partition coefficient (Wildman–Crippen LogP) is -1.88. The third-order valence-corrected chi connectivity index (χ3v) is 1.11. The maximum atomic E-state index is 10.8. The van der Waals surface area contributed by atoms with Crippen molar-refractivity contribution < 1.29 is 53.7 Å². The van der Waals surface area contributed by atoms with E-state index in [2.05, 4.69) is 24.3 Å². The van der Waals surface area contributed by atoms with Crippen molar-refractivity contribution in [1.82, 2.24) is 0 Å². The summed E-state index contributed by atoms with van der Waals surface area (Å²) in [6.45, 7) is -3.07.